The molecule has 0 aliphatic heterocycles. The Morgan fingerprint density at radius 2 is 1.76 bits per heavy atom. The highest BCUT2D eigenvalue weighted by Gasteiger charge is 2.41. The zero-order valence-electron chi connectivity index (χ0n) is 30.0. The SMILES string of the molecule is C=C(/C=C/CCC(C)C1CC1c1ccccc1)N[C@H](Cc1ccc(OC)c(C)c1)C(=C)NCC(C)C(=C)CC(C(=C)C)[C@@H](C)CC. The summed E-state index contributed by atoms with van der Waals surface area (Å²) in [6.07, 6.45) is 10.9. The van der Waals surface area contributed by atoms with Crippen molar-refractivity contribution in [3.05, 3.63) is 126 Å². The normalized spacial score (nSPS) is 19.0. The van der Waals surface area contributed by atoms with Crippen molar-refractivity contribution in [2.45, 2.75) is 92.0 Å². The number of hydrogen-bond acceptors (Lipinski definition) is 3. The van der Waals surface area contributed by atoms with Gasteiger partial charge in [0.05, 0.1) is 13.2 Å². The van der Waals surface area contributed by atoms with Crippen LogP contribution in [0, 0.1) is 36.5 Å². The number of nitrogens with one attached hydrogen (secondary N) is 2. The van der Waals surface area contributed by atoms with Gasteiger partial charge in [-0.2, -0.15) is 0 Å². The number of benzene rings is 2. The lowest BCUT2D eigenvalue weighted by Gasteiger charge is -2.28. The zero-order valence-corrected chi connectivity index (χ0v) is 30.0. The molecule has 0 amide bonds. The van der Waals surface area contributed by atoms with Gasteiger partial charge in [0.1, 0.15) is 5.75 Å². The van der Waals surface area contributed by atoms with Gasteiger partial charge in [-0.25, -0.2) is 0 Å². The lowest BCUT2D eigenvalue weighted by atomic mass is 9.80. The van der Waals surface area contributed by atoms with Crippen LogP contribution in [0.2, 0.25) is 0 Å². The quantitative estimate of drug-likeness (QED) is 0.107. The summed E-state index contributed by atoms with van der Waals surface area (Å²) in [7, 11) is 1.72. The van der Waals surface area contributed by atoms with Crippen molar-refractivity contribution in [2.75, 3.05) is 13.7 Å². The van der Waals surface area contributed by atoms with Crippen LogP contribution in [0.1, 0.15) is 89.3 Å². The molecule has 3 heteroatoms. The minimum Gasteiger partial charge on any atom is -0.496 e. The highest BCUT2D eigenvalue weighted by atomic mass is 16.5. The molecular weight excluding hydrogens is 560 g/mol. The summed E-state index contributed by atoms with van der Waals surface area (Å²) < 4.78 is 5.50. The molecule has 2 aromatic carbocycles. The van der Waals surface area contributed by atoms with Gasteiger partial charge in [-0.05, 0) is 110 Å². The summed E-state index contributed by atoms with van der Waals surface area (Å²) in [5, 5.41) is 7.34. The molecule has 0 aromatic heterocycles. The molecule has 250 valence electrons. The number of aryl methyl sites for hydroxylation is 1. The molecule has 1 aliphatic rings. The molecule has 3 nitrogen and oxygen atoms in total. The molecule has 1 aliphatic carbocycles. The fourth-order valence-electron chi connectivity index (χ4n) is 6.74. The van der Waals surface area contributed by atoms with Crippen LogP contribution in [0.5, 0.6) is 5.75 Å². The van der Waals surface area contributed by atoms with E-state index in [9.17, 15) is 0 Å². The third-order valence-corrected chi connectivity index (χ3v) is 10.4. The number of methoxy groups -OCH3 is 1. The van der Waals surface area contributed by atoms with Crippen molar-refractivity contribution in [2.24, 2.45) is 29.6 Å². The molecule has 0 bridgehead atoms. The molecule has 3 rings (SSSR count). The maximum absolute atomic E-state index is 5.50. The van der Waals surface area contributed by atoms with E-state index < -0.39 is 0 Å². The minimum atomic E-state index is -0.00860. The molecule has 5 unspecified atom stereocenters. The standard InChI is InChI=1S/C43H62N2O/c1-12-30(4)39(29(2)3)25-32(6)34(8)28-44-36(10)42(26-37-22-23-43(46-11)33(7)24-37)45-35(9)19-17-16-18-31(5)40-27-41(40)38-20-14-13-15-21-38/h13-15,17,19-24,30-31,34,39-42,44-45H,2,6,9-10,12,16,18,25-28H2,1,3-5,7-8,11H3/b19-17+/t30-,31?,34?,39?,40?,41?,42+/m0/s1. The Labute approximate surface area is 282 Å². The number of ether oxygens (including phenoxy) is 1. The molecule has 1 saturated carbocycles. The van der Waals surface area contributed by atoms with Gasteiger partial charge in [0.15, 0.2) is 0 Å². The van der Waals surface area contributed by atoms with Crippen LogP contribution in [0.4, 0.5) is 0 Å². The van der Waals surface area contributed by atoms with Gasteiger partial charge in [0.2, 0.25) is 0 Å². The lowest BCUT2D eigenvalue weighted by molar-refractivity contribution is 0.383. The number of rotatable bonds is 21. The molecule has 7 atom stereocenters. The van der Waals surface area contributed by atoms with Gasteiger partial charge in [-0.3, -0.25) is 0 Å². The predicted octanol–water partition coefficient (Wildman–Crippen LogP) is 10.7. The summed E-state index contributed by atoms with van der Waals surface area (Å²) in [6.45, 7) is 31.9. The molecule has 1 fully saturated rings. The number of allylic oxidation sites excluding steroid dienone is 3. The fourth-order valence-corrected chi connectivity index (χ4v) is 6.74. The Morgan fingerprint density at radius 3 is 2.39 bits per heavy atom. The Bertz CT molecular complexity index is 1340. The van der Waals surface area contributed by atoms with Crippen LogP contribution in [-0.4, -0.2) is 19.7 Å². The van der Waals surface area contributed by atoms with E-state index >= 15 is 0 Å². The van der Waals surface area contributed by atoms with E-state index in [1.807, 2.05) is 0 Å². The van der Waals surface area contributed by atoms with Gasteiger partial charge < -0.3 is 15.4 Å². The van der Waals surface area contributed by atoms with E-state index in [1.54, 1.807) is 7.11 Å². The molecular formula is C43H62N2O. The zero-order chi connectivity index (χ0) is 33.8. The van der Waals surface area contributed by atoms with Crippen molar-refractivity contribution in [3.63, 3.8) is 0 Å². The molecule has 0 heterocycles. The predicted molar refractivity (Wildman–Crippen MR) is 200 cm³/mol. The summed E-state index contributed by atoms with van der Waals surface area (Å²) in [6, 6.07) is 17.4. The van der Waals surface area contributed by atoms with Gasteiger partial charge in [-0.1, -0.05) is 120 Å². The molecule has 2 N–H and O–H groups in total. The Morgan fingerprint density at radius 1 is 1.04 bits per heavy atom. The third kappa shape index (κ3) is 11.1. The average Bonchev–Trinajstić information content (AvgIpc) is 3.85. The fraction of sp³-hybridized carbons (Fsp3) is 0.488. The van der Waals surface area contributed by atoms with Gasteiger partial charge in [0, 0.05) is 17.9 Å². The molecule has 0 radical (unpaired) electrons. The number of hydrogen-bond donors (Lipinski definition) is 2. The second kappa shape index (κ2) is 18.0. The first-order chi connectivity index (χ1) is 21.9. The van der Waals surface area contributed by atoms with E-state index in [4.69, 9.17) is 4.74 Å². The van der Waals surface area contributed by atoms with E-state index in [-0.39, 0.29) is 6.04 Å². The topological polar surface area (TPSA) is 33.3 Å². The van der Waals surface area contributed by atoms with E-state index in [2.05, 4.69) is 139 Å². The molecule has 0 spiro atoms. The van der Waals surface area contributed by atoms with E-state index in [1.165, 1.54) is 35.1 Å². The summed E-state index contributed by atoms with van der Waals surface area (Å²) >= 11 is 0. The van der Waals surface area contributed by atoms with Gasteiger partial charge >= 0.3 is 0 Å². The highest BCUT2D eigenvalue weighted by molar-refractivity contribution is 5.37. The molecule has 2 aromatic rings. The minimum absolute atomic E-state index is 0.00860. The van der Waals surface area contributed by atoms with Crippen molar-refractivity contribution >= 4 is 0 Å². The lowest BCUT2D eigenvalue weighted by Crippen LogP contribution is -2.38. The summed E-state index contributed by atoms with van der Waals surface area (Å²) in [5.41, 5.74) is 8.27. The monoisotopic (exact) mass is 622 g/mol. The van der Waals surface area contributed by atoms with Crippen LogP contribution in [0.15, 0.2) is 110 Å². The Hall–Kier alpha value is -3.46. The van der Waals surface area contributed by atoms with Crippen molar-refractivity contribution in [1.29, 1.82) is 0 Å². The maximum atomic E-state index is 5.50. The van der Waals surface area contributed by atoms with Crippen LogP contribution in [-0.2, 0) is 6.42 Å². The summed E-state index contributed by atoms with van der Waals surface area (Å²) in [5.74, 6) is 4.58. The van der Waals surface area contributed by atoms with Crippen LogP contribution >= 0.6 is 0 Å². The van der Waals surface area contributed by atoms with Crippen molar-refractivity contribution in [1.82, 2.24) is 10.6 Å². The van der Waals surface area contributed by atoms with Gasteiger partial charge in [0.25, 0.3) is 0 Å². The smallest absolute Gasteiger partial charge is 0.121 e. The summed E-state index contributed by atoms with van der Waals surface area (Å²) in [4.78, 5) is 0. The first-order valence-electron chi connectivity index (χ1n) is 17.5. The van der Waals surface area contributed by atoms with Crippen molar-refractivity contribution in [3.8, 4) is 5.75 Å². The first kappa shape index (κ1) is 37.0. The highest BCUT2D eigenvalue weighted by Crippen LogP contribution is 2.52. The largest absolute Gasteiger partial charge is 0.496 e. The van der Waals surface area contributed by atoms with Crippen molar-refractivity contribution < 1.29 is 4.74 Å². The van der Waals surface area contributed by atoms with Gasteiger partial charge in [-0.15, -0.1) is 0 Å². The third-order valence-electron chi connectivity index (χ3n) is 10.4. The van der Waals surface area contributed by atoms with Crippen LogP contribution in [0.3, 0.4) is 0 Å². The molecule has 0 saturated heterocycles. The Balaban J connectivity index is 1.57. The Kier molecular flexibility index (Phi) is 14.5. The first-order valence-corrected chi connectivity index (χ1v) is 17.5. The van der Waals surface area contributed by atoms with Crippen LogP contribution < -0.4 is 15.4 Å². The average molecular weight is 623 g/mol. The molecule has 46 heavy (non-hydrogen) atoms. The van der Waals surface area contributed by atoms with E-state index in [0.29, 0.717) is 17.8 Å². The van der Waals surface area contributed by atoms with Crippen LogP contribution in [0.25, 0.3) is 0 Å². The second-order valence-corrected chi connectivity index (χ2v) is 14.1. The van der Waals surface area contributed by atoms with E-state index in [0.717, 1.165) is 72.7 Å². The maximum Gasteiger partial charge on any atom is 0.121 e. The second-order valence-electron chi connectivity index (χ2n) is 14.1.